The van der Waals surface area contributed by atoms with Crippen LogP contribution in [0, 0.1) is 0 Å². The Balaban J connectivity index is 2.06. The van der Waals surface area contributed by atoms with Gasteiger partial charge in [0.2, 0.25) is 5.95 Å². The first kappa shape index (κ1) is 15.4. The maximum Gasteiger partial charge on any atom is 0.224 e. The van der Waals surface area contributed by atoms with Crippen LogP contribution in [0.1, 0.15) is 18.9 Å². The van der Waals surface area contributed by atoms with E-state index in [-0.39, 0.29) is 0 Å². The summed E-state index contributed by atoms with van der Waals surface area (Å²) >= 11 is 6.21. The number of anilines is 2. The second-order valence-electron chi connectivity index (χ2n) is 4.47. The summed E-state index contributed by atoms with van der Waals surface area (Å²) in [5, 5.41) is 7.06. The van der Waals surface area contributed by atoms with Gasteiger partial charge in [-0.3, -0.25) is 0 Å². The number of nitrogens with zero attached hydrogens (tertiary/aromatic N) is 2. The first-order chi connectivity index (χ1) is 10.2. The number of methoxy groups -OCH3 is 1. The summed E-state index contributed by atoms with van der Waals surface area (Å²) in [6, 6.07) is 7.41. The zero-order chi connectivity index (χ0) is 15.1. The van der Waals surface area contributed by atoms with Gasteiger partial charge >= 0.3 is 0 Å². The van der Waals surface area contributed by atoms with Gasteiger partial charge in [0.15, 0.2) is 0 Å². The first-order valence-corrected chi connectivity index (χ1v) is 7.24. The highest BCUT2D eigenvalue weighted by Gasteiger charge is 2.07. The van der Waals surface area contributed by atoms with Crippen molar-refractivity contribution in [2.75, 3.05) is 24.3 Å². The standard InChI is InChI=1S/C15H19ClN4O/c1-3-8-17-15-18-9-7-14(20-15)19-10-11-12(16)5-4-6-13(11)21-2/h4-7,9H,3,8,10H2,1-2H3,(H2,17,18,19,20). The molecule has 1 heterocycles. The lowest BCUT2D eigenvalue weighted by atomic mass is 10.2. The first-order valence-electron chi connectivity index (χ1n) is 6.86. The number of benzene rings is 1. The number of nitrogens with one attached hydrogen (secondary N) is 2. The van der Waals surface area contributed by atoms with Crippen LogP contribution >= 0.6 is 11.6 Å². The zero-order valence-corrected chi connectivity index (χ0v) is 12.9. The SMILES string of the molecule is CCCNc1nccc(NCc2c(Cl)cccc2OC)n1. The quantitative estimate of drug-likeness (QED) is 0.819. The molecule has 0 spiro atoms. The largest absolute Gasteiger partial charge is 0.496 e. The molecule has 0 bridgehead atoms. The Hall–Kier alpha value is -2.01. The van der Waals surface area contributed by atoms with Crippen LogP contribution in [-0.2, 0) is 6.54 Å². The maximum absolute atomic E-state index is 6.21. The third-order valence-electron chi connectivity index (χ3n) is 2.93. The molecule has 2 rings (SSSR count). The summed E-state index contributed by atoms with van der Waals surface area (Å²) in [7, 11) is 1.63. The van der Waals surface area contributed by atoms with Crippen molar-refractivity contribution < 1.29 is 4.74 Å². The summed E-state index contributed by atoms with van der Waals surface area (Å²) in [6.07, 6.45) is 2.75. The molecule has 6 heteroatoms. The zero-order valence-electron chi connectivity index (χ0n) is 12.2. The fraction of sp³-hybridized carbons (Fsp3) is 0.333. The Kier molecular flexibility index (Phi) is 5.63. The lowest BCUT2D eigenvalue weighted by Gasteiger charge is -2.12. The minimum absolute atomic E-state index is 0.535. The Bertz CT molecular complexity index is 592. The maximum atomic E-state index is 6.21. The lowest BCUT2D eigenvalue weighted by Crippen LogP contribution is -2.08. The van der Waals surface area contributed by atoms with Crippen LogP contribution in [0.15, 0.2) is 30.5 Å². The molecule has 5 nitrogen and oxygen atoms in total. The van der Waals surface area contributed by atoms with Gasteiger partial charge in [-0.1, -0.05) is 24.6 Å². The Morgan fingerprint density at radius 3 is 2.86 bits per heavy atom. The molecule has 0 atom stereocenters. The second kappa shape index (κ2) is 7.69. The van der Waals surface area contributed by atoms with E-state index in [4.69, 9.17) is 16.3 Å². The summed E-state index contributed by atoms with van der Waals surface area (Å²) in [6.45, 7) is 3.48. The van der Waals surface area contributed by atoms with E-state index in [1.165, 1.54) is 0 Å². The van der Waals surface area contributed by atoms with Crippen molar-refractivity contribution in [2.24, 2.45) is 0 Å². The molecule has 0 saturated heterocycles. The van der Waals surface area contributed by atoms with Crippen LogP contribution in [0.5, 0.6) is 5.75 Å². The highest BCUT2D eigenvalue weighted by Crippen LogP contribution is 2.26. The molecule has 0 aliphatic carbocycles. The van der Waals surface area contributed by atoms with Gasteiger partial charge in [0.1, 0.15) is 11.6 Å². The molecular formula is C15H19ClN4O. The monoisotopic (exact) mass is 306 g/mol. The molecule has 1 aromatic carbocycles. The Morgan fingerprint density at radius 2 is 2.10 bits per heavy atom. The Labute approximate surface area is 129 Å². The normalized spacial score (nSPS) is 10.2. The van der Waals surface area contributed by atoms with E-state index >= 15 is 0 Å². The summed E-state index contributed by atoms with van der Waals surface area (Å²) in [5.41, 5.74) is 0.906. The fourth-order valence-electron chi connectivity index (χ4n) is 1.86. The molecule has 0 fully saturated rings. The van der Waals surface area contributed by atoms with Crippen molar-refractivity contribution in [3.8, 4) is 5.75 Å². The van der Waals surface area contributed by atoms with E-state index in [1.807, 2.05) is 24.3 Å². The van der Waals surface area contributed by atoms with Crippen LogP contribution in [0.4, 0.5) is 11.8 Å². The lowest BCUT2D eigenvalue weighted by molar-refractivity contribution is 0.410. The van der Waals surface area contributed by atoms with Gasteiger partial charge < -0.3 is 15.4 Å². The minimum atomic E-state index is 0.535. The smallest absolute Gasteiger partial charge is 0.224 e. The summed E-state index contributed by atoms with van der Waals surface area (Å²) < 4.78 is 5.32. The molecule has 21 heavy (non-hydrogen) atoms. The molecule has 0 radical (unpaired) electrons. The molecular weight excluding hydrogens is 288 g/mol. The molecule has 2 N–H and O–H groups in total. The average Bonchev–Trinajstić information content (AvgIpc) is 2.52. The van der Waals surface area contributed by atoms with Crippen LogP contribution in [0.3, 0.4) is 0 Å². The highest BCUT2D eigenvalue weighted by molar-refractivity contribution is 6.31. The van der Waals surface area contributed by atoms with Gasteiger partial charge in [0.25, 0.3) is 0 Å². The van der Waals surface area contributed by atoms with Crippen molar-refractivity contribution in [3.63, 3.8) is 0 Å². The van der Waals surface area contributed by atoms with Gasteiger partial charge in [-0.05, 0) is 24.6 Å². The molecule has 1 aromatic heterocycles. The van der Waals surface area contributed by atoms with Crippen molar-refractivity contribution in [2.45, 2.75) is 19.9 Å². The van der Waals surface area contributed by atoms with Gasteiger partial charge in [0, 0.05) is 29.9 Å². The topological polar surface area (TPSA) is 59.1 Å². The van der Waals surface area contributed by atoms with Crippen LogP contribution in [0.25, 0.3) is 0 Å². The van der Waals surface area contributed by atoms with Crippen molar-refractivity contribution in [1.29, 1.82) is 0 Å². The van der Waals surface area contributed by atoms with E-state index in [1.54, 1.807) is 13.3 Å². The van der Waals surface area contributed by atoms with Crippen LogP contribution in [0.2, 0.25) is 5.02 Å². The van der Waals surface area contributed by atoms with E-state index in [9.17, 15) is 0 Å². The Morgan fingerprint density at radius 1 is 1.24 bits per heavy atom. The third kappa shape index (κ3) is 4.23. The van der Waals surface area contributed by atoms with Crippen LogP contribution in [-0.4, -0.2) is 23.6 Å². The summed E-state index contributed by atoms with van der Waals surface area (Å²) in [5.74, 6) is 2.12. The predicted octanol–water partition coefficient (Wildman–Crippen LogP) is 3.57. The molecule has 0 aliphatic heterocycles. The van der Waals surface area contributed by atoms with E-state index in [2.05, 4.69) is 27.5 Å². The minimum Gasteiger partial charge on any atom is -0.496 e. The molecule has 0 unspecified atom stereocenters. The number of ether oxygens (including phenoxy) is 1. The van der Waals surface area contributed by atoms with Gasteiger partial charge in [-0.15, -0.1) is 0 Å². The molecule has 0 aliphatic rings. The number of halogens is 1. The molecule has 2 aromatic rings. The molecule has 0 saturated carbocycles. The van der Waals surface area contributed by atoms with Crippen molar-refractivity contribution in [1.82, 2.24) is 9.97 Å². The van der Waals surface area contributed by atoms with E-state index < -0.39 is 0 Å². The third-order valence-corrected chi connectivity index (χ3v) is 3.28. The fourth-order valence-corrected chi connectivity index (χ4v) is 2.09. The second-order valence-corrected chi connectivity index (χ2v) is 4.87. The van der Waals surface area contributed by atoms with E-state index in [0.717, 1.165) is 30.1 Å². The molecule has 112 valence electrons. The number of aromatic nitrogens is 2. The van der Waals surface area contributed by atoms with E-state index in [0.29, 0.717) is 17.5 Å². The number of rotatable bonds is 7. The van der Waals surface area contributed by atoms with Gasteiger partial charge in [0.05, 0.1) is 7.11 Å². The average molecular weight is 307 g/mol. The van der Waals surface area contributed by atoms with Gasteiger partial charge in [-0.25, -0.2) is 4.98 Å². The number of hydrogen-bond acceptors (Lipinski definition) is 5. The summed E-state index contributed by atoms with van der Waals surface area (Å²) in [4.78, 5) is 8.56. The van der Waals surface area contributed by atoms with Gasteiger partial charge in [-0.2, -0.15) is 4.98 Å². The predicted molar refractivity (Wildman–Crippen MR) is 86.1 cm³/mol. The van der Waals surface area contributed by atoms with Crippen molar-refractivity contribution >= 4 is 23.4 Å². The molecule has 0 amide bonds. The highest BCUT2D eigenvalue weighted by atomic mass is 35.5. The van der Waals surface area contributed by atoms with Crippen LogP contribution < -0.4 is 15.4 Å². The number of hydrogen-bond donors (Lipinski definition) is 2. The van der Waals surface area contributed by atoms with Crippen molar-refractivity contribution in [3.05, 3.63) is 41.0 Å².